The van der Waals surface area contributed by atoms with E-state index in [2.05, 4.69) is 10.2 Å². The normalized spacial score (nSPS) is 24.1. The Morgan fingerprint density at radius 1 is 1.21 bits per heavy atom. The first kappa shape index (κ1) is 19.9. The number of aryl methyl sites for hydroxylation is 1. The molecule has 4 rings (SSSR count). The number of fused-ring (bicyclic) bond motifs is 1. The molecule has 6 heteroatoms. The maximum absolute atomic E-state index is 13.1. The number of carbonyl (C=O) groups is 2. The van der Waals surface area contributed by atoms with E-state index in [0.29, 0.717) is 18.1 Å². The number of likely N-dealkylation sites (tertiary alicyclic amines) is 1. The maximum atomic E-state index is 13.1. The number of carbonyl (C=O) groups excluding carboxylic acids is 2. The van der Waals surface area contributed by atoms with Gasteiger partial charge in [0.15, 0.2) is 0 Å². The fourth-order valence-electron chi connectivity index (χ4n) is 4.65. The molecule has 2 atom stereocenters. The molecule has 152 valence electrons. The van der Waals surface area contributed by atoms with Crippen LogP contribution in [0.5, 0.6) is 0 Å². The molecule has 2 aliphatic rings. The number of hydrogen-bond donors (Lipinski definition) is 1. The number of rotatable bonds is 3. The third-order valence-corrected chi connectivity index (χ3v) is 6.39. The van der Waals surface area contributed by atoms with Crippen molar-refractivity contribution < 1.29 is 9.59 Å². The minimum Gasteiger partial charge on any atom is -0.348 e. The molecule has 2 amide bonds. The standard InChI is InChI=1S/C23H26ClN3O2/c1-26(2)22(29)20-14-27(13-16-7-9-18(24)10-8-16)15-23(20)12-11-17-5-3-4-6-19(17)21(28)25-23/h3-10,20H,11-15H2,1-2H3,(H,25,28)/t20-,23+/m1/s1. The number of hydrogen-bond acceptors (Lipinski definition) is 3. The molecule has 1 saturated heterocycles. The Bertz CT molecular complexity index is 928. The zero-order valence-electron chi connectivity index (χ0n) is 16.8. The van der Waals surface area contributed by atoms with Crippen molar-refractivity contribution in [2.24, 2.45) is 5.92 Å². The van der Waals surface area contributed by atoms with Crippen LogP contribution in [-0.2, 0) is 17.8 Å². The number of nitrogens with zero attached hydrogens (tertiary/aromatic N) is 2. The van der Waals surface area contributed by atoms with Crippen LogP contribution in [0.4, 0.5) is 0 Å². The highest BCUT2D eigenvalue weighted by atomic mass is 35.5. The SMILES string of the molecule is CN(C)C(=O)[C@H]1CN(Cc2ccc(Cl)cc2)C[C@@]12CCc1ccccc1C(=O)N2. The summed E-state index contributed by atoms with van der Waals surface area (Å²) in [6.07, 6.45) is 1.53. The molecule has 29 heavy (non-hydrogen) atoms. The van der Waals surface area contributed by atoms with Gasteiger partial charge in [0.2, 0.25) is 5.91 Å². The smallest absolute Gasteiger partial charge is 0.252 e. The van der Waals surface area contributed by atoms with Gasteiger partial charge in [-0.15, -0.1) is 0 Å². The van der Waals surface area contributed by atoms with Gasteiger partial charge in [-0.1, -0.05) is 41.9 Å². The molecule has 0 unspecified atom stereocenters. The maximum Gasteiger partial charge on any atom is 0.252 e. The van der Waals surface area contributed by atoms with Gasteiger partial charge >= 0.3 is 0 Å². The van der Waals surface area contributed by atoms with Gasteiger partial charge in [0.1, 0.15) is 0 Å². The van der Waals surface area contributed by atoms with E-state index in [-0.39, 0.29) is 17.7 Å². The Kier molecular flexibility index (Phi) is 5.36. The van der Waals surface area contributed by atoms with E-state index in [9.17, 15) is 9.59 Å². The highest BCUT2D eigenvalue weighted by Crippen LogP contribution is 2.36. The van der Waals surface area contributed by atoms with E-state index in [0.717, 1.165) is 36.1 Å². The molecule has 1 fully saturated rings. The summed E-state index contributed by atoms with van der Waals surface area (Å²) >= 11 is 6.01. The van der Waals surface area contributed by atoms with Crippen LogP contribution in [0.3, 0.4) is 0 Å². The molecular weight excluding hydrogens is 386 g/mol. The second-order valence-corrected chi connectivity index (χ2v) is 8.79. The van der Waals surface area contributed by atoms with Crippen LogP contribution in [0.25, 0.3) is 0 Å². The summed E-state index contributed by atoms with van der Waals surface area (Å²) in [6.45, 7) is 1.99. The number of halogens is 1. The topological polar surface area (TPSA) is 52.7 Å². The Labute approximate surface area is 176 Å². The van der Waals surface area contributed by atoms with Crippen LogP contribution in [-0.4, -0.2) is 54.3 Å². The summed E-state index contributed by atoms with van der Waals surface area (Å²) < 4.78 is 0. The molecule has 1 spiro atoms. The van der Waals surface area contributed by atoms with Crippen molar-refractivity contribution in [3.05, 3.63) is 70.2 Å². The molecule has 2 heterocycles. The third kappa shape index (κ3) is 3.89. The predicted molar refractivity (Wildman–Crippen MR) is 114 cm³/mol. The van der Waals surface area contributed by atoms with Gasteiger partial charge in [0.25, 0.3) is 5.91 Å². The van der Waals surface area contributed by atoms with Gasteiger partial charge in [-0.05, 0) is 42.2 Å². The minimum atomic E-state index is -0.566. The van der Waals surface area contributed by atoms with Crippen LogP contribution in [0, 0.1) is 5.92 Å². The van der Waals surface area contributed by atoms with E-state index in [1.807, 2.05) is 48.5 Å². The van der Waals surface area contributed by atoms with Crippen molar-refractivity contribution in [2.45, 2.75) is 24.9 Å². The number of amides is 2. The quantitative estimate of drug-likeness (QED) is 0.844. The highest BCUT2D eigenvalue weighted by Gasteiger charge is 2.52. The van der Waals surface area contributed by atoms with Crippen molar-refractivity contribution in [1.29, 1.82) is 0 Å². The monoisotopic (exact) mass is 411 g/mol. The molecule has 0 saturated carbocycles. The van der Waals surface area contributed by atoms with E-state index >= 15 is 0 Å². The van der Waals surface area contributed by atoms with Gasteiger partial charge in [0, 0.05) is 44.3 Å². The summed E-state index contributed by atoms with van der Waals surface area (Å²) in [5, 5.41) is 3.98. The van der Waals surface area contributed by atoms with E-state index < -0.39 is 5.54 Å². The lowest BCUT2D eigenvalue weighted by Gasteiger charge is -2.35. The molecule has 5 nitrogen and oxygen atoms in total. The van der Waals surface area contributed by atoms with E-state index in [1.54, 1.807) is 19.0 Å². The summed E-state index contributed by atoms with van der Waals surface area (Å²) in [5.41, 5.74) is 2.35. The van der Waals surface area contributed by atoms with Crippen molar-refractivity contribution >= 4 is 23.4 Å². The van der Waals surface area contributed by atoms with Gasteiger partial charge in [-0.3, -0.25) is 14.5 Å². The van der Waals surface area contributed by atoms with Crippen LogP contribution in [0.15, 0.2) is 48.5 Å². The summed E-state index contributed by atoms with van der Waals surface area (Å²) in [4.78, 5) is 30.0. The number of nitrogens with one attached hydrogen (secondary N) is 1. The van der Waals surface area contributed by atoms with Crippen molar-refractivity contribution in [3.63, 3.8) is 0 Å². The van der Waals surface area contributed by atoms with Crippen molar-refractivity contribution in [1.82, 2.24) is 15.1 Å². The summed E-state index contributed by atoms with van der Waals surface area (Å²) in [6, 6.07) is 15.5. The fourth-order valence-corrected chi connectivity index (χ4v) is 4.78. The first-order valence-electron chi connectivity index (χ1n) is 9.96. The first-order valence-corrected chi connectivity index (χ1v) is 10.3. The Balaban J connectivity index is 1.63. The second kappa shape index (κ2) is 7.81. The Morgan fingerprint density at radius 3 is 2.66 bits per heavy atom. The summed E-state index contributed by atoms with van der Waals surface area (Å²) in [7, 11) is 3.57. The van der Waals surface area contributed by atoms with Crippen LogP contribution < -0.4 is 5.32 Å². The molecular formula is C23H26ClN3O2. The minimum absolute atomic E-state index is 0.0647. The summed E-state index contributed by atoms with van der Waals surface area (Å²) in [5.74, 6) is -0.291. The molecule has 2 aromatic rings. The molecule has 0 aliphatic carbocycles. The van der Waals surface area contributed by atoms with Gasteiger partial charge < -0.3 is 10.2 Å². The Hall–Kier alpha value is -2.37. The van der Waals surface area contributed by atoms with Crippen molar-refractivity contribution in [2.75, 3.05) is 27.2 Å². The number of benzene rings is 2. The zero-order chi connectivity index (χ0) is 20.6. The van der Waals surface area contributed by atoms with Crippen molar-refractivity contribution in [3.8, 4) is 0 Å². The Morgan fingerprint density at radius 2 is 1.93 bits per heavy atom. The van der Waals surface area contributed by atoms with E-state index in [1.165, 1.54) is 0 Å². The molecule has 2 aromatic carbocycles. The lowest BCUT2D eigenvalue weighted by molar-refractivity contribution is -0.134. The second-order valence-electron chi connectivity index (χ2n) is 8.35. The average Bonchev–Trinajstić information content (AvgIpc) is 2.97. The molecule has 1 N–H and O–H groups in total. The van der Waals surface area contributed by atoms with Crippen LogP contribution in [0.2, 0.25) is 5.02 Å². The molecule has 2 aliphatic heterocycles. The predicted octanol–water partition coefficient (Wildman–Crippen LogP) is 2.98. The lowest BCUT2D eigenvalue weighted by atomic mass is 9.81. The van der Waals surface area contributed by atoms with Gasteiger partial charge in [0.05, 0.1) is 11.5 Å². The highest BCUT2D eigenvalue weighted by molar-refractivity contribution is 6.30. The molecule has 0 aromatic heterocycles. The fraction of sp³-hybridized carbons (Fsp3) is 0.391. The molecule has 0 bridgehead atoms. The van der Waals surface area contributed by atoms with Gasteiger partial charge in [-0.25, -0.2) is 0 Å². The van der Waals surface area contributed by atoms with E-state index in [4.69, 9.17) is 11.6 Å². The first-order chi connectivity index (χ1) is 13.9. The van der Waals surface area contributed by atoms with Crippen LogP contribution in [0.1, 0.15) is 27.9 Å². The molecule has 0 radical (unpaired) electrons. The average molecular weight is 412 g/mol. The largest absolute Gasteiger partial charge is 0.348 e. The zero-order valence-corrected chi connectivity index (χ0v) is 17.6. The van der Waals surface area contributed by atoms with Crippen LogP contribution >= 0.6 is 11.6 Å². The lowest BCUT2D eigenvalue weighted by Crippen LogP contribution is -2.57. The van der Waals surface area contributed by atoms with Gasteiger partial charge in [-0.2, -0.15) is 0 Å². The third-order valence-electron chi connectivity index (χ3n) is 6.14.